The molecule has 0 amide bonds. The maximum atomic E-state index is 9.60. The minimum Gasteiger partial charge on any atom is -0.478 e. The molecule has 0 fully saturated rings. The first-order valence-corrected chi connectivity index (χ1v) is 4.80. The molecule has 78 valence electrons. The van der Waals surface area contributed by atoms with Gasteiger partial charge in [0.25, 0.3) is 10.1 Å². The number of hydrogen-bond acceptors (Lipinski definition) is 3. The van der Waals surface area contributed by atoms with E-state index in [4.69, 9.17) is 9.66 Å². The van der Waals surface area contributed by atoms with Gasteiger partial charge in [0.2, 0.25) is 0 Å². The molecule has 0 saturated carbocycles. The second-order valence-electron chi connectivity index (χ2n) is 1.82. The van der Waals surface area contributed by atoms with E-state index in [2.05, 4.69) is 19.7 Å². The van der Waals surface area contributed by atoms with E-state index in [1.165, 1.54) is 6.92 Å². The second kappa shape index (κ2) is 8.95. The van der Waals surface area contributed by atoms with Gasteiger partial charge >= 0.3 is 5.97 Å². The van der Waals surface area contributed by atoms with Crippen LogP contribution in [0.5, 0.6) is 0 Å². The Morgan fingerprint density at radius 2 is 1.38 bits per heavy atom. The summed E-state index contributed by atoms with van der Waals surface area (Å²) in [6, 6.07) is 0. The lowest BCUT2D eigenvalue weighted by Crippen LogP contribution is -1.92. The Morgan fingerprint density at radius 3 is 1.38 bits per heavy atom. The summed E-state index contributed by atoms with van der Waals surface area (Å²) in [5, 5.41) is 7.89. The van der Waals surface area contributed by atoms with Gasteiger partial charge < -0.3 is 5.11 Å². The molecule has 5 nitrogen and oxygen atoms in total. The number of carboxylic acids is 1. The van der Waals surface area contributed by atoms with Crippen molar-refractivity contribution < 1.29 is 22.9 Å². The molecule has 0 aliphatic heterocycles. The van der Waals surface area contributed by atoms with E-state index < -0.39 is 16.1 Å². The van der Waals surface area contributed by atoms with Gasteiger partial charge in [-0.05, 0) is 6.92 Å². The van der Waals surface area contributed by atoms with Crippen LogP contribution >= 0.6 is 0 Å². The number of carbonyl (C=O) groups is 1. The van der Waals surface area contributed by atoms with E-state index in [0.29, 0.717) is 6.26 Å². The molecule has 0 aliphatic carbocycles. The molecular weight excluding hydrogens is 196 g/mol. The van der Waals surface area contributed by atoms with Gasteiger partial charge in [-0.1, -0.05) is 6.58 Å². The zero-order valence-corrected chi connectivity index (χ0v) is 8.47. The summed E-state index contributed by atoms with van der Waals surface area (Å²) in [5.41, 5.74) is 0.176. The molecule has 0 radical (unpaired) electrons. The SMILES string of the molecule is C=C.C=C(C)C(=O)O.CS(=O)(=O)O. The largest absolute Gasteiger partial charge is 0.478 e. The first kappa shape index (κ1) is 17.8. The third kappa shape index (κ3) is 104. The summed E-state index contributed by atoms with van der Waals surface area (Å²) < 4.78 is 25.9. The average Bonchev–Trinajstić information content (AvgIpc) is 1.88. The molecule has 0 atom stereocenters. The number of hydrogen-bond donors (Lipinski definition) is 2. The van der Waals surface area contributed by atoms with Crippen molar-refractivity contribution in [3.63, 3.8) is 0 Å². The van der Waals surface area contributed by atoms with E-state index in [-0.39, 0.29) is 5.57 Å². The van der Waals surface area contributed by atoms with Crippen LogP contribution in [0.25, 0.3) is 0 Å². The number of carboxylic acid groups (broad SMARTS) is 1. The van der Waals surface area contributed by atoms with Gasteiger partial charge in [0, 0.05) is 5.57 Å². The Bertz CT molecular complexity index is 232. The molecule has 0 saturated heterocycles. The fourth-order valence-electron chi connectivity index (χ4n) is 0. The lowest BCUT2D eigenvalue weighted by atomic mass is 10.4. The molecule has 0 aromatic heterocycles. The summed E-state index contributed by atoms with van der Waals surface area (Å²) in [7, 11) is -3.67. The smallest absolute Gasteiger partial charge is 0.330 e. The van der Waals surface area contributed by atoms with Crippen molar-refractivity contribution >= 4 is 16.1 Å². The first-order valence-electron chi connectivity index (χ1n) is 2.96. The van der Waals surface area contributed by atoms with E-state index >= 15 is 0 Å². The quantitative estimate of drug-likeness (QED) is 0.382. The van der Waals surface area contributed by atoms with Crippen molar-refractivity contribution in [1.29, 1.82) is 0 Å². The van der Waals surface area contributed by atoms with Crippen molar-refractivity contribution in [2.24, 2.45) is 0 Å². The van der Waals surface area contributed by atoms with Crippen LogP contribution in [0.2, 0.25) is 0 Å². The molecule has 13 heavy (non-hydrogen) atoms. The van der Waals surface area contributed by atoms with Crippen LogP contribution in [0.4, 0.5) is 0 Å². The Kier molecular flexibility index (Phi) is 12.3. The van der Waals surface area contributed by atoms with Crippen LogP contribution in [0.3, 0.4) is 0 Å². The fourth-order valence-corrected chi connectivity index (χ4v) is 0. The second-order valence-corrected chi connectivity index (χ2v) is 3.28. The molecule has 2 N–H and O–H groups in total. The minimum absolute atomic E-state index is 0.176. The average molecular weight is 210 g/mol. The highest BCUT2D eigenvalue weighted by molar-refractivity contribution is 7.85. The Morgan fingerprint density at radius 1 is 1.31 bits per heavy atom. The highest BCUT2D eigenvalue weighted by Crippen LogP contribution is 1.81. The van der Waals surface area contributed by atoms with Crippen molar-refractivity contribution in [2.45, 2.75) is 6.92 Å². The third-order valence-corrected chi connectivity index (χ3v) is 0.365. The molecule has 0 heterocycles. The normalized spacial score (nSPS) is 8.23. The molecule has 0 aliphatic rings. The zero-order valence-electron chi connectivity index (χ0n) is 7.65. The molecule has 0 bridgehead atoms. The first-order chi connectivity index (χ1) is 5.64. The molecule has 6 heteroatoms. The fraction of sp³-hybridized carbons (Fsp3) is 0.286. The van der Waals surface area contributed by atoms with E-state index in [9.17, 15) is 13.2 Å². The van der Waals surface area contributed by atoms with Crippen molar-refractivity contribution in [3.05, 3.63) is 25.3 Å². The maximum Gasteiger partial charge on any atom is 0.330 e. The molecule has 0 aromatic carbocycles. The van der Waals surface area contributed by atoms with E-state index in [1.807, 2.05) is 0 Å². The van der Waals surface area contributed by atoms with Gasteiger partial charge in [-0.25, -0.2) is 4.79 Å². The monoisotopic (exact) mass is 210 g/mol. The highest BCUT2D eigenvalue weighted by Gasteiger charge is 1.90. The van der Waals surface area contributed by atoms with Crippen LogP contribution in [-0.4, -0.2) is 30.3 Å². The third-order valence-electron chi connectivity index (χ3n) is 0.365. The van der Waals surface area contributed by atoms with Crippen LogP contribution in [0, 0.1) is 0 Å². The van der Waals surface area contributed by atoms with Gasteiger partial charge in [-0.3, -0.25) is 4.55 Å². The summed E-state index contributed by atoms with van der Waals surface area (Å²) in [6.07, 6.45) is 0.715. The maximum absolute atomic E-state index is 9.60. The van der Waals surface area contributed by atoms with Crippen molar-refractivity contribution in [2.75, 3.05) is 6.26 Å². The Labute approximate surface area is 78.1 Å². The van der Waals surface area contributed by atoms with E-state index in [0.717, 1.165) is 0 Å². The predicted octanol–water partition coefficient (Wildman–Crippen LogP) is 0.953. The Balaban J connectivity index is -0.000000131. The summed E-state index contributed by atoms with van der Waals surface area (Å²) in [5.74, 6) is -0.935. The molecular formula is C7H14O5S. The lowest BCUT2D eigenvalue weighted by Gasteiger charge is -1.79. The van der Waals surface area contributed by atoms with Crippen LogP contribution in [0.15, 0.2) is 25.3 Å². The van der Waals surface area contributed by atoms with Crippen LogP contribution < -0.4 is 0 Å². The Hall–Kier alpha value is -1.14. The van der Waals surface area contributed by atoms with Crippen molar-refractivity contribution in [1.82, 2.24) is 0 Å². The van der Waals surface area contributed by atoms with Crippen molar-refractivity contribution in [3.8, 4) is 0 Å². The number of rotatable bonds is 1. The molecule has 0 spiro atoms. The van der Waals surface area contributed by atoms with Gasteiger partial charge in [0.15, 0.2) is 0 Å². The van der Waals surface area contributed by atoms with Gasteiger partial charge in [-0.2, -0.15) is 8.42 Å². The van der Waals surface area contributed by atoms with Gasteiger partial charge in [0.1, 0.15) is 0 Å². The zero-order chi connectivity index (χ0) is 11.7. The van der Waals surface area contributed by atoms with Crippen LogP contribution in [0.1, 0.15) is 6.92 Å². The molecule has 0 rings (SSSR count). The highest BCUT2D eigenvalue weighted by atomic mass is 32.2. The van der Waals surface area contributed by atoms with Crippen LogP contribution in [-0.2, 0) is 14.9 Å². The topological polar surface area (TPSA) is 91.7 Å². The minimum atomic E-state index is -3.67. The molecule has 0 aromatic rings. The number of aliphatic carboxylic acids is 1. The summed E-state index contributed by atoms with van der Waals surface area (Å²) in [4.78, 5) is 9.60. The predicted molar refractivity (Wildman–Crippen MR) is 51.2 cm³/mol. The standard InChI is InChI=1S/C4H6O2.C2H4.CH4O3S/c1-3(2)4(5)6;1-2;1-5(2,3)4/h1H2,2H3,(H,5,6);1-2H2;1H3,(H,2,3,4). The van der Waals surface area contributed by atoms with E-state index in [1.54, 1.807) is 0 Å². The van der Waals surface area contributed by atoms with Gasteiger partial charge in [0.05, 0.1) is 6.26 Å². The van der Waals surface area contributed by atoms with Gasteiger partial charge in [-0.15, -0.1) is 13.2 Å². The molecule has 0 unspecified atom stereocenters. The summed E-state index contributed by atoms with van der Waals surface area (Å²) in [6.45, 7) is 10.6. The summed E-state index contributed by atoms with van der Waals surface area (Å²) >= 11 is 0. The lowest BCUT2D eigenvalue weighted by molar-refractivity contribution is -0.132.